The normalized spacial score (nSPS) is 25.6. The lowest BCUT2D eigenvalue weighted by molar-refractivity contribution is 0.0277. The average molecular weight is 224 g/mol. The molecule has 3 nitrogen and oxygen atoms in total. The van der Waals surface area contributed by atoms with E-state index >= 15 is 0 Å². The van der Waals surface area contributed by atoms with Crippen molar-refractivity contribution in [2.45, 2.75) is 31.8 Å². The second kappa shape index (κ2) is 4.89. The molecule has 2 heterocycles. The molecule has 1 N–H and O–H groups in total. The van der Waals surface area contributed by atoms with Crippen LogP contribution in [-0.2, 0) is 11.3 Å². The van der Waals surface area contributed by atoms with Crippen molar-refractivity contribution in [3.8, 4) is 0 Å². The summed E-state index contributed by atoms with van der Waals surface area (Å²) >= 11 is 0. The molecule has 1 unspecified atom stereocenters. The Balaban J connectivity index is 1.91. The van der Waals surface area contributed by atoms with Crippen LogP contribution in [0.5, 0.6) is 0 Å². The summed E-state index contributed by atoms with van der Waals surface area (Å²) in [7, 11) is 0. The second-order valence-corrected chi connectivity index (χ2v) is 4.58. The number of aromatic nitrogens is 1. The van der Waals surface area contributed by atoms with Crippen LogP contribution in [0.25, 0.3) is 0 Å². The molecule has 1 fully saturated rings. The van der Waals surface area contributed by atoms with E-state index in [0.29, 0.717) is 6.54 Å². The number of pyridine rings is 1. The number of hydrogen-bond donors (Lipinski definition) is 1. The summed E-state index contributed by atoms with van der Waals surface area (Å²) in [5.74, 6) is -0.288. The number of halogens is 1. The lowest BCUT2D eigenvalue weighted by Gasteiger charge is -2.34. The van der Waals surface area contributed by atoms with Crippen molar-refractivity contribution in [2.24, 2.45) is 0 Å². The van der Waals surface area contributed by atoms with Crippen LogP contribution >= 0.6 is 0 Å². The van der Waals surface area contributed by atoms with Gasteiger partial charge in [-0.1, -0.05) is 0 Å². The Hall–Kier alpha value is -1.00. The molecular weight excluding hydrogens is 207 g/mol. The summed E-state index contributed by atoms with van der Waals surface area (Å²) in [6, 6.07) is 1.51. The van der Waals surface area contributed by atoms with E-state index in [2.05, 4.69) is 17.2 Å². The maximum absolute atomic E-state index is 12.9. The van der Waals surface area contributed by atoms with E-state index in [-0.39, 0.29) is 11.4 Å². The first-order valence-electron chi connectivity index (χ1n) is 5.60. The second-order valence-electron chi connectivity index (χ2n) is 4.58. The van der Waals surface area contributed by atoms with Crippen LogP contribution in [0, 0.1) is 5.82 Å². The highest BCUT2D eigenvalue weighted by Gasteiger charge is 2.26. The molecule has 1 aromatic heterocycles. The van der Waals surface area contributed by atoms with Gasteiger partial charge in [0.25, 0.3) is 0 Å². The molecule has 1 atom stereocenters. The van der Waals surface area contributed by atoms with Gasteiger partial charge in [0.2, 0.25) is 0 Å². The highest BCUT2D eigenvalue weighted by Crippen LogP contribution is 2.18. The molecule has 0 aliphatic carbocycles. The molecule has 88 valence electrons. The van der Waals surface area contributed by atoms with Gasteiger partial charge in [0, 0.05) is 24.9 Å². The Morgan fingerprint density at radius 1 is 1.56 bits per heavy atom. The van der Waals surface area contributed by atoms with Crippen LogP contribution in [0.2, 0.25) is 0 Å². The molecule has 2 rings (SSSR count). The molecule has 0 spiro atoms. The van der Waals surface area contributed by atoms with E-state index in [1.165, 1.54) is 12.3 Å². The number of nitrogens with zero attached hydrogens (tertiary/aromatic N) is 1. The van der Waals surface area contributed by atoms with Gasteiger partial charge in [0.1, 0.15) is 5.82 Å². The molecule has 4 heteroatoms. The lowest BCUT2D eigenvalue weighted by atomic mass is 9.95. The zero-order valence-electron chi connectivity index (χ0n) is 9.50. The molecule has 16 heavy (non-hydrogen) atoms. The predicted molar refractivity (Wildman–Crippen MR) is 59.5 cm³/mol. The zero-order chi connectivity index (χ0) is 11.4. The van der Waals surface area contributed by atoms with Gasteiger partial charge in [0.15, 0.2) is 0 Å². The molecule has 0 aromatic carbocycles. The summed E-state index contributed by atoms with van der Waals surface area (Å²) in [5.41, 5.74) is 0.872. The van der Waals surface area contributed by atoms with Crippen molar-refractivity contribution in [3.05, 3.63) is 29.8 Å². The Morgan fingerprint density at radius 2 is 2.44 bits per heavy atom. The van der Waals surface area contributed by atoms with E-state index < -0.39 is 0 Å². The van der Waals surface area contributed by atoms with Crippen molar-refractivity contribution >= 4 is 0 Å². The maximum atomic E-state index is 12.9. The maximum Gasteiger partial charge on any atom is 0.141 e. The first-order valence-corrected chi connectivity index (χ1v) is 5.60. The van der Waals surface area contributed by atoms with Crippen molar-refractivity contribution in [1.29, 1.82) is 0 Å². The van der Waals surface area contributed by atoms with Crippen LogP contribution in [0.15, 0.2) is 18.5 Å². The molecule has 0 saturated carbocycles. The monoisotopic (exact) mass is 224 g/mol. The molecule has 1 aliphatic rings. The Bertz CT molecular complexity index is 351. The van der Waals surface area contributed by atoms with Crippen molar-refractivity contribution in [1.82, 2.24) is 10.3 Å². The van der Waals surface area contributed by atoms with E-state index in [1.807, 2.05) is 0 Å². The molecule has 0 amide bonds. The number of rotatable bonds is 3. The van der Waals surface area contributed by atoms with Gasteiger partial charge in [-0.2, -0.15) is 0 Å². The number of hydrogen-bond acceptors (Lipinski definition) is 3. The van der Waals surface area contributed by atoms with Gasteiger partial charge in [0.05, 0.1) is 12.8 Å². The summed E-state index contributed by atoms with van der Waals surface area (Å²) in [6.07, 6.45) is 5.07. The molecular formula is C12H17FN2O. The summed E-state index contributed by atoms with van der Waals surface area (Å²) in [5, 5.41) is 3.41. The number of ether oxygens (including phenoxy) is 1. The third kappa shape index (κ3) is 3.00. The summed E-state index contributed by atoms with van der Waals surface area (Å²) in [6.45, 7) is 4.33. The predicted octanol–water partition coefficient (Wildman–Crippen LogP) is 1.88. The highest BCUT2D eigenvalue weighted by molar-refractivity contribution is 5.10. The first-order chi connectivity index (χ1) is 7.68. The van der Waals surface area contributed by atoms with E-state index in [1.54, 1.807) is 6.20 Å². The average Bonchev–Trinajstić information content (AvgIpc) is 2.28. The lowest BCUT2D eigenvalue weighted by Crippen LogP contribution is -2.48. The minimum Gasteiger partial charge on any atom is -0.380 e. The molecule has 1 saturated heterocycles. The van der Waals surface area contributed by atoms with Crippen molar-refractivity contribution in [2.75, 3.05) is 13.2 Å². The minimum atomic E-state index is -0.288. The quantitative estimate of drug-likeness (QED) is 0.851. The van der Waals surface area contributed by atoms with Gasteiger partial charge < -0.3 is 10.1 Å². The summed E-state index contributed by atoms with van der Waals surface area (Å²) < 4.78 is 18.4. The zero-order valence-corrected chi connectivity index (χ0v) is 9.50. The van der Waals surface area contributed by atoms with Gasteiger partial charge in [-0.25, -0.2) is 4.39 Å². The van der Waals surface area contributed by atoms with Crippen LogP contribution in [-0.4, -0.2) is 23.7 Å². The first kappa shape index (κ1) is 11.5. The Labute approximate surface area is 95.0 Å². The fourth-order valence-corrected chi connectivity index (χ4v) is 1.94. The van der Waals surface area contributed by atoms with Crippen molar-refractivity contribution < 1.29 is 9.13 Å². The highest BCUT2D eigenvalue weighted by atomic mass is 19.1. The van der Waals surface area contributed by atoms with Crippen molar-refractivity contribution in [3.63, 3.8) is 0 Å². The fraction of sp³-hybridized carbons (Fsp3) is 0.583. The van der Waals surface area contributed by atoms with Crippen LogP contribution in [0.4, 0.5) is 4.39 Å². The summed E-state index contributed by atoms with van der Waals surface area (Å²) in [4.78, 5) is 3.82. The third-order valence-corrected chi connectivity index (χ3v) is 2.92. The van der Waals surface area contributed by atoms with Gasteiger partial charge in [-0.15, -0.1) is 0 Å². The molecule has 0 radical (unpaired) electrons. The third-order valence-electron chi connectivity index (χ3n) is 2.92. The topological polar surface area (TPSA) is 34.2 Å². The Morgan fingerprint density at radius 3 is 3.12 bits per heavy atom. The van der Waals surface area contributed by atoms with E-state index in [4.69, 9.17) is 4.74 Å². The van der Waals surface area contributed by atoms with Gasteiger partial charge in [-0.05, 0) is 31.4 Å². The standard InChI is InChI=1S/C12H17FN2O/c1-12(3-2-4-16-9-12)15-7-10-5-11(13)8-14-6-10/h5-6,8,15H,2-4,7,9H2,1H3. The molecule has 1 aromatic rings. The largest absolute Gasteiger partial charge is 0.380 e. The SMILES string of the molecule is CC1(NCc2cncc(F)c2)CCCOC1. The van der Waals surface area contributed by atoms with Gasteiger partial charge in [-0.3, -0.25) is 4.98 Å². The minimum absolute atomic E-state index is 0.00453. The fourth-order valence-electron chi connectivity index (χ4n) is 1.94. The molecule has 0 bridgehead atoms. The van der Waals surface area contributed by atoms with Gasteiger partial charge >= 0.3 is 0 Å². The van der Waals surface area contributed by atoms with E-state index in [9.17, 15) is 4.39 Å². The Kier molecular flexibility index (Phi) is 3.51. The smallest absolute Gasteiger partial charge is 0.141 e. The van der Waals surface area contributed by atoms with Crippen LogP contribution in [0.3, 0.4) is 0 Å². The van der Waals surface area contributed by atoms with Crippen LogP contribution in [0.1, 0.15) is 25.3 Å². The van der Waals surface area contributed by atoms with Crippen LogP contribution < -0.4 is 5.32 Å². The molecule has 1 aliphatic heterocycles. The number of nitrogens with one attached hydrogen (secondary N) is 1. The van der Waals surface area contributed by atoms with E-state index in [0.717, 1.165) is 31.6 Å².